The molecule has 0 aliphatic rings. The molecule has 0 bridgehead atoms. The van der Waals surface area contributed by atoms with Crippen LogP contribution >= 0.6 is 0 Å². The topological polar surface area (TPSA) is 588 Å². The zero-order chi connectivity index (χ0) is 72.8. The molecule has 3 rings (SSSR count). The van der Waals surface area contributed by atoms with Gasteiger partial charge in [0.25, 0.3) is 0 Å². The summed E-state index contributed by atoms with van der Waals surface area (Å²) in [7, 11) is 0. The van der Waals surface area contributed by atoms with Crippen LogP contribution in [0.3, 0.4) is 0 Å². The van der Waals surface area contributed by atoms with E-state index in [4.69, 9.17) is 0 Å². The fourth-order valence-corrected chi connectivity index (χ4v) is 8.98. The van der Waals surface area contributed by atoms with Gasteiger partial charge in [0.1, 0.15) is 0 Å². The maximum Gasteiger partial charge on any atom is 3.00 e. The Kier molecular flexibility index (Phi) is 52.3. The van der Waals surface area contributed by atoms with Gasteiger partial charge in [-0.25, -0.2) is 0 Å². The number of nitrogens with one attached hydrogen (secondary N) is 3. The van der Waals surface area contributed by atoms with E-state index in [0.29, 0.717) is 33.8 Å². The minimum absolute atomic E-state index is 0. The summed E-state index contributed by atoms with van der Waals surface area (Å²) in [6, 6.07) is 15.8. The number of carboxylic acid groups (broad SMARTS) is 12. The molecule has 0 unspecified atom stereocenters. The van der Waals surface area contributed by atoms with E-state index in [-0.39, 0.29) is 142 Å². The maximum atomic E-state index is 11.4. The molecule has 0 aromatic heterocycles. The van der Waals surface area contributed by atoms with E-state index in [1.807, 2.05) is 0 Å². The van der Waals surface area contributed by atoms with Crippen LogP contribution in [-0.4, -0.2) is 338 Å². The van der Waals surface area contributed by atoms with Gasteiger partial charge >= 0.3 is 103 Å². The van der Waals surface area contributed by atoms with E-state index in [1.54, 1.807) is 36.4 Å². The van der Waals surface area contributed by atoms with Gasteiger partial charge in [-0.3, -0.25) is 43.8 Å². The van der Waals surface area contributed by atoms with Crippen molar-refractivity contribution in [1.29, 1.82) is 0 Å². The van der Waals surface area contributed by atoms with Gasteiger partial charge in [0.15, 0.2) is 0 Å². The fraction of sp³-hybridized carbons (Fsp3) is 0.350. The van der Waals surface area contributed by atoms with Crippen molar-refractivity contribution in [2.75, 3.05) is 114 Å². The zero-order valence-corrected chi connectivity index (χ0v) is 66.4. The Morgan fingerprint density at radius 1 is 0.280 bits per heavy atom. The Labute approximate surface area is 646 Å². The largest absolute Gasteiger partial charge is 3.00 e. The molecule has 0 aliphatic carbocycles. The normalized spacial score (nSPS) is 11.2. The summed E-state index contributed by atoms with van der Waals surface area (Å²) >= 11 is 0. The minimum Gasteiger partial charge on any atom is -0.549 e. The molecule has 3 aromatic rings. The van der Waals surface area contributed by atoms with Gasteiger partial charge in [-0.15, -0.1) is 0 Å². The van der Waals surface area contributed by atoms with E-state index < -0.39 is 186 Å². The molecule has 0 saturated heterocycles. The number of benzene rings is 3. The first-order chi connectivity index (χ1) is 45.0. The summed E-state index contributed by atoms with van der Waals surface area (Å²) in [6.45, 7) is -0.785. The van der Waals surface area contributed by atoms with Gasteiger partial charge in [-0.1, -0.05) is 56.1 Å². The number of hydrogen-bond acceptors (Lipinski definition) is 33. The molecule has 36 nitrogen and oxygen atoms in total. The number of carboxylic acids is 12. The van der Waals surface area contributed by atoms with Gasteiger partial charge in [0.2, 0.25) is 17.7 Å². The van der Waals surface area contributed by atoms with Crippen LogP contribution < -0.4 is 77.2 Å². The molecule has 100 heavy (non-hydrogen) atoms. The quantitative estimate of drug-likeness (QED) is 0.0442. The number of carbonyl (C=O) groups excluding carboxylic acids is 15. The predicted octanol–water partition coefficient (Wildman–Crippen LogP) is -18.5. The van der Waals surface area contributed by atoms with E-state index in [0.717, 1.165) is 47.6 Å². The molecule has 0 spiro atoms. The fourth-order valence-electron chi connectivity index (χ4n) is 8.98. The molecule has 0 radical (unpaired) electrons. The molecule has 0 fully saturated rings. The second kappa shape index (κ2) is 53.1. The van der Waals surface area contributed by atoms with E-state index >= 15 is 0 Å². The molecule has 3 aromatic carbocycles. The Morgan fingerprint density at radius 2 is 0.430 bits per heavy atom. The van der Waals surface area contributed by atoms with Crippen LogP contribution in [0.5, 0.6) is 0 Å². The number of anilines is 3. The number of carbonyl (C=O) groups is 15. The Morgan fingerprint density at radius 3 is 0.560 bits per heavy atom. The number of rotatable bonds is 45. The summed E-state index contributed by atoms with van der Waals surface area (Å²) in [5.41, 5.74) is 3.01. The molecular formula is C60H63In4N9O27. The van der Waals surface area contributed by atoms with Crippen molar-refractivity contribution in [1.82, 2.24) is 29.4 Å². The SMILES string of the molecule is C=CC(=O)Nc1ccc(C[C@@H](CN(CC(=O)[O-])CC(=O)[O-])N(CC(=O)[O-])CC(=O)[O-])cc1.C=CC(=O)Nc1ccc(C[C@@H](CN(CC(=O)[O-])CC(=O)[O-])N(CC(=O)[O-])CC(=O)[O-])cc1.C=CC(=O)Nc1ccc(C[C@@H](CN(CC(=O)[O-])CC(=O)[O-])N(CC(=O)[O-])CC(=O)[O-])cc1.[In+3].[In+3].[In+3].[In+3]. The van der Waals surface area contributed by atoms with Crippen molar-refractivity contribution >= 4 is 210 Å². The van der Waals surface area contributed by atoms with Gasteiger partial charge in [-0.2, -0.15) is 0 Å². The third-order valence-electron chi connectivity index (χ3n) is 12.7. The maximum absolute atomic E-state index is 11.4. The molecule has 3 N–H and O–H groups in total. The van der Waals surface area contributed by atoms with Crippen LogP contribution in [0.25, 0.3) is 0 Å². The van der Waals surface area contributed by atoms with Gasteiger partial charge < -0.3 is 135 Å². The summed E-state index contributed by atoms with van der Waals surface area (Å²) in [5.74, 6) is -20.4. The van der Waals surface area contributed by atoms with Crippen molar-refractivity contribution in [3.05, 3.63) is 127 Å². The molecule has 3 amide bonds. The van der Waals surface area contributed by atoms with E-state index in [2.05, 4.69) is 35.7 Å². The average molecular weight is 1800 g/mol. The number of hydrogen-bond donors (Lipinski definition) is 3. The Balaban J connectivity index is -0.000000678. The second-order valence-corrected chi connectivity index (χ2v) is 20.4. The molecular weight excluding hydrogens is 1740 g/mol. The van der Waals surface area contributed by atoms with Gasteiger partial charge in [0.05, 0.1) is 71.6 Å². The summed E-state index contributed by atoms with van der Waals surface area (Å²) in [5, 5.41) is 140. The molecule has 0 saturated carbocycles. The van der Waals surface area contributed by atoms with Crippen LogP contribution in [-0.2, 0) is 91.2 Å². The Hall–Kier alpha value is -7.83. The van der Waals surface area contributed by atoms with Crippen molar-refractivity contribution < 1.29 is 133 Å². The number of aliphatic carboxylic acids is 12. The monoisotopic (exact) mass is 1800 g/mol. The summed E-state index contributed by atoms with van der Waals surface area (Å²) in [6.07, 6.45) is 3.24. The second-order valence-electron chi connectivity index (χ2n) is 20.4. The van der Waals surface area contributed by atoms with Crippen LogP contribution in [0.1, 0.15) is 16.7 Å². The summed E-state index contributed by atoms with van der Waals surface area (Å²) in [4.78, 5) is 172. The zero-order valence-electron chi connectivity index (χ0n) is 53.3. The third kappa shape index (κ3) is 46.5. The number of nitrogens with zero attached hydrogens (tertiary/aromatic N) is 6. The average Bonchev–Trinajstić information content (AvgIpc) is 0.867. The van der Waals surface area contributed by atoms with Crippen molar-refractivity contribution in [3.8, 4) is 0 Å². The molecule has 0 heterocycles. The van der Waals surface area contributed by atoms with Crippen LogP contribution in [0.4, 0.5) is 17.1 Å². The standard InChI is InChI=1S/3C20H25N3O9.4In/c3*1-2-16(24)21-14-5-3-13(4-6-14)7-15(23(11-19(29)30)12-20(31)32)8-22(9-17(25)26)10-18(27)28;;;;/h3*2-6,15H,1,7-12H2,(H,21,24)(H,25,26)(H,27,28)(H,29,30)(H,31,32);;;;/q;;;4*+3/p-12/t3*15-;;;;/m000..../s1. The van der Waals surface area contributed by atoms with Crippen molar-refractivity contribution in [2.24, 2.45) is 0 Å². The molecule has 40 heteroatoms. The third-order valence-corrected chi connectivity index (χ3v) is 12.7. The van der Waals surface area contributed by atoms with Gasteiger partial charge in [0, 0.05) is 133 Å². The predicted molar refractivity (Wildman–Crippen MR) is 325 cm³/mol. The minimum atomic E-state index is -1.59. The van der Waals surface area contributed by atoms with Gasteiger partial charge in [-0.05, 0) is 90.6 Å². The molecule has 522 valence electrons. The van der Waals surface area contributed by atoms with Crippen LogP contribution in [0.2, 0.25) is 0 Å². The van der Waals surface area contributed by atoms with Crippen molar-refractivity contribution in [3.63, 3.8) is 0 Å². The first kappa shape index (κ1) is 98.5. The molecule has 0 aliphatic heterocycles. The summed E-state index contributed by atoms with van der Waals surface area (Å²) < 4.78 is 0. The first-order valence-corrected chi connectivity index (χ1v) is 27.8. The van der Waals surface area contributed by atoms with Crippen LogP contribution in [0, 0.1) is 0 Å². The van der Waals surface area contributed by atoms with Crippen molar-refractivity contribution in [2.45, 2.75) is 37.4 Å². The van der Waals surface area contributed by atoms with E-state index in [9.17, 15) is 133 Å². The first-order valence-electron chi connectivity index (χ1n) is 27.8. The number of amides is 3. The smallest absolute Gasteiger partial charge is 0.549 e. The van der Waals surface area contributed by atoms with Crippen LogP contribution in [0.15, 0.2) is 111 Å². The Bertz CT molecular complexity index is 2830. The molecule has 3 atom stereocenters. The van der Waals surface area contributed by atoms with E-state index in [1.165, 1.54) is 36.4 Å².